The smallest absolute Gasteiger partial charge is 0.293 e. The van der Waals surface area contributed by atoms with Crippen LogP contribution in [0.5, 0.6) is 0 Å². The van der Waals surface area contributed by atoms with Gasteiger partial charge in [0, 0.05) is 41.7 Å². The lowest BCUT2D eigenvalue weighted by molar-refractivity contribution is 0.0701. The summed E-state index contributed by atoms with van der Waals surface area (Å²) in [6, 6.07) is 15.8. The molecule has 2 aromatic heterocycles. The zero-order chi connectivity index (χ0) is 22.9. The summed E-state index contributed by atoms with van der Waals surface area (Å²) in [5.74, 6) is -1.49. The van der Waals surface area contributed by atoms with Crippen molar-refractivity contribution in [2.24, 2.45) is 0 Å². The minimum absolute atomic E-state index is 0.0746. The van der Waals surface area contributed by atoms with E-state index < -0.39 is 17.5 Å². The molecule has 168 valence electrons. The second kappa shape index (κ2) is 8.73. The fourth-order valence-electron chi connectivity index (χ4n) is 4.28. The molecule has 33 heavy (non-hydrogen) atoms. The first-order valence-corrected chi connectivity index (χ1v) is 10.7. The second-order valence-electron chi connectivity index (χ2n) is 8.29. The lowest BCUT2D eigenvalue weighted by Crippen LogP contribution is -2.20. The molecule has 1 fully saturated rings. The number of carbonyl (C=O) groups excluding carboxylic acids is 1. The number of fused-ring (bicyclic) bond motifs is 1. The van der Waals surface area contributed by atoms with Crippen molar-refractivity contribution in [3.8, 4) is 0 Å². The highest BCUT2D eigenvalue weighted by Crippen LogP contribution is 2.41. The van der Waals surface area contributed by atoms with Gasteiger partial charge in [0.25, 0.3) is 5.91 Å². The van der Waals surface area contributed by atoms with Crippen LogP contribution in [0.4, 0.5) is 8.78 Å². The van der Waals surface area contributed by atoms with E-state index in [0.29, 0.717) is 29.6 Å². The van der Waals surface area contributed by atoms with Crippen LogP contribution in [0.25, 0.3) is 10.9 Å². The number of benzene rings is 2. The minimum Gasteiger partial charge on any atom is -0.341 e. The topological polar surface area (TPSA) is 79.2 Å². The van der Waals surface area contributed by atoms with Gasteiger partial charge in [-0.1, -0.05) is 36.4 Å². The van der Waals surface area contributed by atoms with E-state index in [1.807, 2.05) is 29.0 Å². The Hall–Kier alpha value is -3.62. The van der Waals surface area contributed by atoms with Gasteiger partial charge in [0.1, 0.15) is 17.3 Å². The molecule has 0 radical (unpaired) electrons. The van der Waals surface area contributed by atoms with Crippen molar-refractivity contribution >= 4 is 16.8 Å². The molecule has 2 atom stereocenters. The molecule has 0 spiro atoms. The van der Waals surface area contributed by atoms with Gasteiger partial charge < -0.3 is 9.88 Å². The van der Waals surface area contributed by atoms with Crippen molar-refractivity contribution in [3.63, 3.8) is 0 Å². The SMILES string of the molecule is O=C(NO)c1cc2c(CN[C@H]3C[C@H]3c3ccccc3)cn(Cc3ccc(F)cc3F)c2cn1. The van der Waals surface area contributed by atoms with Crippen molar-refractivity contribution in [3.05, 3.63) is 101 Å². The molecule has 4 aromatic rings. The lowest BCUT2D eigenvalue weighted by atomic mass is 10.1. The van der Waals surface area contributed by atoms with E-state index in [-0.39, 0.29) is 12.2 Å². The third kappa shape index (κ3) is 4.35. The van der Waals surface area contributed by atoms with E-state index >= 15 is 0 Å². The van der Waals surface area contributed by atoms with Gasteiger partial charge in [-0.05, 0) is 29.7 Å². The molecule has 1 saturated carbocycles. The van der Waals surface area contributed by atoms with E-state index in [2.05, 4.69) is 22.4 Å². The van der Waals surface area contributed by atoms with Gasteiger partial charge in [-0.3, -0.25) is 10.0 Å². The molecule has 6 nitrogen and oxygen atoms in total. The van der Waals surface area contributed by atoms with E-state index in [9.17, 15) is 13.6 Å². The molecule has 2 heterocycles. The second-order valence-corrected chi connectivity index (χ2v) is 8.29. The van der Waals surface area contributed by atoms with Crippen molar-refractivity contribution in [1.82, 2.24) is 20.3 Å². The number of pyridine rings is 1. The Labute approximate surface area is 188 Å². The molecule has 0 saturated heterocycles. The maximum absolute atomic E-state index is 14.3. The molecular weight excluding hydrogens is 426 g/mol. The number of hydroxylamine groups is 1. The summed E-state index contributed by atoms with van der Waals surface area (Å²) in [7, 11) is 0. The molecule has 1 amide bonds. The quantitative estimate of drug-likeness (QED) is 0.294. The van der Waals surface area contributed by atoms with E-state index in [1.54, 1.807) is 11.5 Å². The number of aromatic nitrogens is 2. The van der Waals surface area contributed by atoms with Crippen LogP contribution in [-0.2, 0) is 13.1 Å². The summed E-state index contributed by atoms with van der Waals surface area (Å²) in [5, 5.41) is 13.3. The first-order chi connectivity index (χ1) is 16.0. The summed E-state index contributed by atoms with van der Waals surface area (Å²) in [5.41, 5.74) is 4.95. The van der Waals surface area contributed by atoms with Crippen molar-refractivity contribution in [2.45, 2.75) is 31.5 Å². The molecular formula is C25H22F2N4O2. The van der Waals surface area contributed by atoms with Crippen LogP contribution < -0.4 is 10.8 Å². The van der Waals surface area contributed by atoms with Gasteiger partial charge in [0.05, 0.1) is 18.3 Å². The standard InChI is InChI=1S/C25H22F2N4O2/c26-18-7-6-16(21(27)8-18)13-31-14-17(20-10-23(25(32)30-33)29-12-24(20)31)11-28-22-9-19(22)15-4-2-1-3-5-15/h1-8,10,12,14,19,22,28,33H,9,11,13H2,(H,30,32)/t19-,22-/m0/s1. The predicted molar refractivity (Wildman–Crippen MR) is 119 cm³/mol. The number of nitrogens with zero attached hydrogens (tertiary/aromatic N) is 2. The van der Waals surface area contributed by atoms with Gasteiger partial charge in [0.2, 0.25) is 0 Å². The summed E-state index contributed by atoms with van der Waals surface area (Å²) in [4.78, 5) is 16.0. The summed E-state index contributed by atoms with van der Waals surface area (Å²) in [6.45, 7) is 0.736. The molecule has 1 aliphatic carbocycles. The van der Waals surface area contributed by atoms with E-state index in [0.717, 1.165) is 23.4 Å². The number of hydrogen-bond donors (Lipinski definition) is 3. The first-order valence-electron chi connectivity index (χ1n) is 10.7. The number of nitrogens with one attached hydrogen (secondary N) is 2. The summed E-state index contributed by atoms with van der Waals surface area (Å²) < 4.78 is 29.4. The number of hydrogen-bond acceptors (Lipinski definition) is 4. The minimum atomic E-state index is -0.709. The van der Waals surface area contributed by atoms with E-state index in [4.69, 9.17) is 5.21 Å². The normalized spacial score (nSPS) is 17.3. The highest BCUT2D eigenvalue weighted by molar-refractivity contribution is 5.96. The molecule has 0 aliphatic heterocycles. The maximum Gasteiger partial charge on any atom is 0.293 e. The molecule has 3 N–H and O–H groups in total. The Balaban J connectivity index is 1.43. The van der Waals surface area contributed by atoms with Gasteiger partial charge in [-0.2, -0.15) is 0 Å². The monoisotopic (exact) mass is 448 g/mol. The number of rotatable bonds is 7. The molecule has 0 unspecified atom stereocenters. The summed E-state index contributed by atoms with van der Waals surface area (Å²) in [6.07, 6.45) is 4.46. The van der Waals surface area contributed by atoms with E-state index in [1.165, 1.54) is 23.9 Å². The third-order valence-electron chi connectivity index (χ3n) is 6.11. The molecule has 8 heteroatoms. The van der Waals surface area contributed by atoms with Crippen LogP contribution in [-0.4, -0.2) is 26.7 Å². The van der Waals surface area contributed by atoms with Crippen molar-refractivity contribution in [1.29, 1.82) is 0 Å². The lowest BCUT2D eigenvalue weighted by Gasteiger charge is -2.07. The van der Waals surface area contributed by atoms with Gasteiger partial charge in [-0.15, -0.1) is 0 Å². The van der Waals surface area contributed by atoms with Gasteiger partial charge in [-0.25, -0.2) is 19.2 Å². The summed E-state index contributed by atoms with van der Waals surface area (Å²) >= 11 is 0. The highest BCUT2D eigenvalue weighted by Gasteiger charge is 2.37. The Morgan fingerprint density at radius 2 is 1.94 bits per heavy atom. The number of halogens is 2. The fourth-order valence-corrected chi connectivity index (χ4v) is 4.28. The van der Waals surface area contributed by atoms with Crippen molar-refractivity contribution in [2.75, 3.05) is 0 Å². The third-order valence-corrected chi connectivity index (χ3v) is 6.11. The zero-order valence-corrected chi connectivity index (χ0v) is 17.6. The molecule has 1 aliphatic rings. The zero-order valence-electron chi connectivity index (χ0n) is 17.6. The first kappa shape index (κ1) is 21.2. The Kier molecular flexibility index (Phi) is 5.62. The number of amides is 1. The van der Waals surface area contributed by atoms with Crippen LogP contribution in [0.1, 0.15) is 39.5 Å². The predicted octanol–water partition coefficient (Wildman–Crippen LogP) is 4.13. The number of carbonyl (C=O) groups is 1. The van der Waals surface area contributed by atoms with Crippen LogP contribution in [0, 0.1) is 11.6 Å². The Bertz CT molecular complexity index is 1320. The van der Waals surface area contributed by atoms with Gasteiger partial charge in [0.15, 0.2) is 0 Å². The average Bonchev–Trinajstić information content (AvgIpc) is 3.54. The average molecular weight is 448 g/mol. The van der Waals surface area contributed by atoms with Crippen LogP contribution in [0.15, 0.2) is 67.0 Å². The molecule has 2 aromatic carbocycles. The Morgan fingerprint density at radius 1 is 1.12 bits per heavy atom. The van der Waals surface area contributed by atoms with Gasteiger partial charge >= 0.3 is 0 Å². The van der Waals surface area contributed by atoms with Crippen LogP contribution in [0.3, 0.4) is 0 Å². The fraction of sp³-hybridized carbons (Fsp3) is 0.200. The Morgan fingerprint density at radius 3 is 2.70 bits per heavy atom. The van der Waals surface area contributed by atoms with Crippen LogP contribution >= 0.6 is 0 Å². The largest absolute Gasteiger partial charge is 0.341 e. The molecule has 5 rings (SSSR count). The maximum atomic E-state index is 14.3. The van der Waals surface area contributed by atoms with Crippen molar-refractivity contribution < 1.29 is 18.8 Å². The van der Waals surface area contributed by atoms with Crippen LogP contribution in [0.2, 0.25) is 0 Å². The molecule has 0 bridgehead atoms. The highest BCUT2D eigenvalue weighted by atomic mass is 19.1.